The Hall–Kier alpha value is -5.16. The molecule has 1 aliphatic rings. The van der Waals surface area contributed by atoms with Crippen LogP contribution >= 0.6 is 0 Å². The van der Waals surface area contributed by atoms with E-state index in [1.807, 2.05) is 66.7 Å². The average Bonchev–Trinajstić information content (AvgIpc) is 2.99. The molecule has 1 heterocycles. The SMILES string of the molecule is CC1=C(C(=O)OCCC#N)C(c2cccc(C(=O)O)c2)C(C(=O)OCCC(c2ccccc2)c2ccccc2)=C(C)N1. The van der Waals surface area contributed by atoms with E-state index in [0.717, 1.165) is 11.1 Å². The molecule has 2 N–H and O–H groups in total. The van der Waals surface area contributed by atoms with Crippen LogP contribution in [0.2, 0.25) is 0 Å². The molecule has 42 heavy (non-hydrogen) atoms. The zero-order valence-corrected chi connectivity index (χ0v) is 23.5. The van der Waals surface area contributed by atoms with Crippen LogP contribution in [0.15, 0.2) is 107 Å². The lowest BCUT2D eigenvalue weighted by Gasteiger charge is -2.30. The molecular weight excluding hydrogens is 532 g/mol. The summed E-state index contributed by atoms with van der Waals surface area (Å²) in [6.45, 7) is 3.39. The number of hydrogen-bond acceptors (Lipinski definition) is 7. The first-order valence-corrected chi connectivity index (χ1v) is 13.6. The second-order valence-electron chi connectivity index (χ2n) is 9.91. The average molecular weight is 565 g/mol. The third kappa shape index (κ3) is 6.94. The summed E-state index contributed by atoms with van der Waals surface area (Å²) in [4.78, 5) is 38.8. The molecular formula is C34H32N2O6. The van der Waals surface area contributed by atoms with Gasteiger partial charge in [-0.05, 0) is 49.1 Å². The molecule has 1 unspecified atom stereocenters. The highest BCUT2D eigenvalue weighted by Crippen LogP contribution is 2.40. The molecule has 0 radical (unpaired) electrons. The van der Waals surface area contributed by atoms with Crippen LogP contribution in [0.4, 0.5) is 0 Å². The van der Waals surface area contributed by atoms with Crippen LogP contribution in [0.25, 0.3) is 0 Å². The number of allylic oxidation sites excluding steroid dienone is 2. The first-order chi connectivity index (χ1) is 20.3. The number of carbonyl (C=O) groups is 3. The molecule has 0 saturated heterocycles. The van der Waals surface area contributed by atoms with Crippen LogP contribution in [0, 0.1) is 11.3 Å². The van der Waals surface area contributed by atoms with Crippen LogP contribution < -0.4 is 5.32 Å². The number of hydrogen-bond donors (Lipinski definition) is 2. The number of carboxylic acid groups (broad SMARTS) is 1. The lowest BCUT2D eigenvalue weighted by atomic mass is 9.80. The Balaban J connectivity index is 1.64. The maximum Gasteiger partial charge on any atom is 0.336 e. The van der Waals surface area contributed by atoms with Gasteiger partial charge in [-0.25, -0.2) is 14.4 Å². The van der Waals surface area contributed by atoms with E-state index in [0.29, 0.717) is 23.4 Å². The van der Waals surface area contributed by atoms with Gasteiger partial charge < -0.3 is 19.9 Å². The fourth-order valence-electron chi connectivity index (χ4n) is 5.23. The Labute approximate surface area is 244 Å². The fraction of sp³-hybridized carbons (Fsp3) is 0.235. The van der Waals surface area contributed by atoms with E-state index in [9.17, 15) is 19.5 Å². The standard InChI is InChI=1S/C34H32N2O6/c1-22-29(33(39)41-19-10-18-35)31(26-15-9-16-27(21-26)32(37)38)30(23(2)36-22)34(40)42-20-17-28(24-11-5-3-6-12-24)25-13-7-4-8-14-25/h3-9,11-16,21,28,31,36H,10,17,19-20H2,1-2H3,(H,37,38). The zero-order valence-electron chi connectivity index (χ0n) is 23.5. The molecule has 1 atom stereocenters. The highest BCUT2D eigenvalue weighted by molar-refractivity contribution is 6.00. The molecule has 0 fully saturated rings. The summed E-state index contributed by atoms with van der Waals surface area (Å²) in [5.41, 5.74) is 3.92. The number of esters is 2. The van der Waals surface area contributed by atoms with Crippen molar-refractivity contribution in [1.29, 1.82) is 5.26 Å². The summed E-state index contributed by atoms with van der Waals surface area (Å²) in [6, 6.07) is 28.0. The molecule has 8 heteroatoms. The quantitative estimate of drug-likeness (QED) is 0.220. The number of nitrogens with one attached hydrogen (secondary N) is 1. The summed E-state index contributed by atoms with van der Waals surface area (Å²) in [7, 11) is 0. The molecule has 3 aromatic carbocycles. The van der Waals surface area contributed by atoms with Crippen LogP contribution in [0.5, 0.6) is 0 Å². The number of benzene rings is 3. The molecule has 214 valence electrons. The van der Waals surface area contributed by atoms with Crippen molar-refractivity contribution in [3.63, 3.8) is 0 Å². The van der Waals surface area contributed by atoms with Crippen molar-refractivity contribution in [2.75, 3.05) is 13.2 Å². The van der Waals surface area contributed by atoms with Crippen molar-refractivity contribution < 1.29 is 29.0 Å². The smallest absolute Gasteiger partial charge is 0.336 e. The largest absolute Gasteiger partial charge is 0.478 e. The van der Waals surface area contributed by atoms with Gasteiger partial charge in [0.1, 0.15) is 6.61 Å². The lowest BCUT2D eigenvalue weighted by Crippen LogP contribution is -2.33. The van der Waals surface area contributed by atoms with Gasteiger partial charge in [-0.1, -0.05) is 72.8 Å². The minimum Gasteiger partial charge on any atom is -0.478 e. The second-order valence-corrected chi connectivity index (χ2v) is 9.91. The first-order valence-electron chi connectivity index (χ1n) is 13.6. The van der Waals surface area contributed by atoms with Crippen molar-refractivity contribution >= 4 is 17.9 Å². The number of rotatable bonds is 11. The minimum absolute atomic E-state index is 0.00406. The van der Waals surface area contributed by atoms with Gasteiger partial charge in [-0.2, -0.15) is 5.26 Å². The minimum atomic E-state index is -1.14. The van der Waals surface area contributed by atoms with Crippen LogP contribution in [0.1, 0.15) is 65.6 Å². The van der Waals surface area contributed by atoms with Gasteiger partial charge in [-0.15, -0.1) is 0 Å². The summed E-state index contributed by atoms with van der Waals surface area (Å²) in [5.74, 6) is -3.41. The Morgan fingerprint density at radius 3 is 1.90 bits per heavy atom. The van der Waals surface area contributed by atoms with Gasteiger partial charge in [-0.3, -0.25) is 0 Å². The van der Waals surface area contributed by atoms with Gasteiger partial charge in [0.25, 0.3) is 0 Å². The molecule has 0 saturated carbocycles. The number of dihydropyridines is 1. The Morgan fingerprint density at radius 1 is 0.833 bits per heavy atom. The van der Waals surface area contributed by atoms with E-state index in [4.69, 9.17) is 14.7 Å². The fourth-order valence-corrected chi connectivity index (χ4v) is 5.23. The molecule has 3 aromatic rings. The van der Waals surface area contributed by atoms with Gasteiger partial charge >= 0.3 is 17.9 Å². The molecule has 1 aliphatic heterocycles. The topological polar surface area (TPSA) is 126 Å². The molecule has 0 spiro atoms. The molecule has 4 rings (SSSR count). The third-order valence-corrected chi connectivity index (χ3v) is 7.16. The van der Waals surface area contributed by atoms with Gasteiger partial charge in [0.2, 0.25) is 0 Å². The van der Waals surface area contributed by atoms with E-state index in [2.05, 4.69) is 5.32 Å². The number of carbonyl (C=O) groups excluding carboxylic acids is 2. The molecule has 8 nitrogen and oxygen atoms in total. The van der Waals surface area contributed by atoms with E-state index < -0.39 is 23.8 Å². The van der Waals surface area contributed by atoms with E-state index >= 15 is 0 Å². The van der Waals surface area contributed by atoms with Crippen LogP contribution in [-0.2, 0) is 19.1 Å². The van der Waals surface area contributed by atoms with Crippen LogP contribution in [0.3, 0.4) is 0 Å². The molecule has 0 bridgehead atoms. The van der Waals surface area contributed by atoms with Crippen molar-refractivity contribution in [2.45, 2.75) is 38.5 Å². The predicted octanol–water partition coefficient (Wildman–Crippen LogP) is 5.84. The summed E-state index contributed by atoms with van der Waals surface area (Å²) < 4.78 is 11.2. The summed E-state index contributed by atoms with van der Waals surface area (Å²) in [5, 5.41) is 21.6. The highest BCUT2D eigenvalue weighted by atomic mass is 16.5. The highest BCUT2D eigenvalue weighted by Gasteiger charge is 2.38. The monoisotopic (exact) mass is 564 g/mol. The normalized spacial score (nSPS) is 14.7. The number of aromatic carboxylic acids is 1. The number of ether oxygens (including phenoxy) is 2. The number of nitrogens with zero attached hydrogens (tertiary/aromatic N) is 1. The van der Waals surface area contributed by atoms with E-state index in [1.165, 1.54) is 12.1 Å². The first kappa shape index (κ1) is 29.8. The maximum absolute atomic E-state index is 13.7. The second kappa shape index (κ2) is 14.0. The summed E-state index contributed by atoms with van der Waals surface area (Å²) >= 11 is 0. The molecule has 0 aromatic heterocycles. The molecule has 0 amide bonds. The Bertz CT molecular complexity index is 1510. The number of carboxylic acids is 1. The van der Waals surface area contributed by atoms with Crippen molar-refractivity contribution in [2.24, 2.45) is 0 Å². The van der Waals surface area contributed by atoms with Crippen molar-refractivity contribution in [3.8, 4) is 6.07 Å². The van der Waals surface area contributed by atoms with Gasteiger partial charge in [0, 0.05) is 17.3 Å². The zero-order chi connectivity index (χ0) is 30.1. The lowest BCUT2D eigenvalue weighted by molar-refractivity contribution is -0.140. The molecule has 0 aliphatic carbocycles. The Morgan fingerprint density at radius 2 is 1.38 bits per heavy atom. The van der Waals surface area contributed by atoms with Crippen LogP contribution in [-0.4, -0.2) is 36.2 Å². The van der Waals surface area contributed by atoms with Gasteiger partial charge in [0.15, 0.2) is 0 Å². The van der Waals surface area contributed by atoms with Crippen molar-refractivity contribution in [1.82, 2.24) is 5.32 Å². The number of nitriles is 1. The predicted molar refractivity (Wildman–Crippen MR) is 156 cm³/mol. The van der Waals surface area contributed by atoms with E-state index in [1.54, 1.807) is 26.0 Å². The van der Waals surface area contributed by atoms with Gasteiger partial charge in [0.05, 0.1) is 41.7 Å². The Kier molecular flexibility index (Phi) is 9.90. The maximum atomic E-state index is 13.7. The van der Waals surface area contributed by atoms with E-state index in [-0.39, 0.29) is 42.3 Å². The third-order valence-electron chi connectivity index (χ3n) is 7.16. The van der Waals surface area contributed by atoms with Crippen molar-refractivity contribution in [3.05, 3.63) is 130 Å². The summed E-state index contributed by atoms with van der Waals surface area (Å²) in [6.07, 6.45) is 0.537.